The largest absolute Gasteiger partial charge is 0.395 e. The second-order valence-corrected chi connectivity index (χ2v) is 5.06. The van der Waals surface area contributed by atoms with Crippen molar-refractivity contribution in [2.24, 2.45) is 0 Å². The van der Waals surface area contributed by atoms with Gasteiger partial charge in [-0.2, -0.15) is 0 Å². The minimum Gasteiger partial charge on any atom is -0.395 e. The maximum Gasteiger partial charge on any atom is 0.261 e. The Morgan fingerprint density at radius 3 is 3.15 bits per heavy atom. The van der Waals surface area contributed by atoms with E-state index < -0.39 is 0 Å². The number of amides is 1. The van der Waals surface area contributed by atoms with E-state index in [1.54, 1.807) is 18.5 Å². The number of H-pyrrole nitrogens is 1. The SMILES string of the molecule is O=C(NCCc1ncc[nH]1)c1ccc(C#CCCO)s1. The van der Waals surface area contributed by atoms with E-state index in [2.05, 4.69) is 27.1 Å². The summed E-state index contributed by atoms with van der Waals surface area (Å²) in [6.45, 7) is 0.592. The van der Waals surface area contributed by atoms with Gasteiger partial charge in [0, 0.05) is 31.8 Å². The van der Waals surface area contributed by atoms with Crippen molar-refractivity contribution in [3.05, 3.63) is 40.1 Å². The van der Waals surface area contributed by atoms with E-state index in [0.29, 0.717) is 24.3 Å². The molecule has 2 rings (SSSR count). The summed E-state index contributed by atoms with van der Waals surface area (Å²) in [5.74, 6) is 6.50. The number of hydrogen-bond donors (Lipinski definition) is 3. The first-order valence-electron chi connectivity index (χ1n) is 6.25. The van der Waals surface area contributed by atoms with Crippen LogP contribution in [0.15, 0.2) is 24.5 Å². The Kier molecular flexibility index (Phi) is 5.35. The average molecular weight is 289 g/mol. The zero-order valence-corrected chi connectivity index (χ0v) is 11.7. The van der Waals surface area contributed by atoms with Crippen LogP contribution in [0.25, 0.3) is 0 Å². The minimum absolute atomic E-state index is 0.0541. The molecule has 6 heteroatoms. The fourth-order valence-electron chi connectivity index (χ4n) is 1.55. The fourth-order valence-corrected chi connectivity index (χ4v) is 2.35. The van der Waals surface area contributed by atoms with Crippen molar-refractivity contribution < 1.29 is 9.90 Å². The van der Waals surface area contributed by atoms with Crippen LogP contribution in [0.5, 0.6) is 0 Å². The Hall–Kier alpha value is -2.10. The van der Waals surface area contributed by atoms with Crippen molar-refractivity contribution >= 4 is 17.2 Å². The quantitative estimate of drug-likeness (QED) is 0.723. The van der Waals surface area contributed by atoms with Crippen molar-refractivity contribution in [2.75, 3.05) is 13.2 Å². The Morgan fingerprint density at radius 1 is 1.50 bits per heavy atom. The molecular weight excluding hydrogens is 274 g/mol. The molecule has 0 saturated heterocycles. The molecule has 5 nitrogen and oxygen atoms in total. The molecule has 0 fully saturated rings. The number of hydrogen-bond acceptors (Lipinski definition) is 4. The summed E-state index contributed by atoms with van der Waals surface area (Å²) >= 11 is 1.35. The molecule has 0 aliphatic carbocycles. The highest BCUT2D eigenvalue weighted by Crippen LogP contribution is 2.15. The maximum absolute atomic E-state index is 11.9. The van der Waals surface area contributed by atoms with Gasteiger partial charge in [-0.1, -0.05) is 11.8 Å². The molecular formula is C14H15N3O2S. The lowest BCUT2D eigenvalue weighted by Gasteiger charge is -2.01. The average Bonchev–Trinajstić information content (AvgIpc) is 3.10. The molecule has 3 N–H and O–H groups in total. The summed E-state index contributed by atoms with van der Waals surface area (Å²) in [5.41, 5.74) is 0. The Bertz CT molecular complexity index is 608. The zero-order valence-electron chi connectivity index (χ0n) is 10.8. The molecule has 0 aliphatic rings. The predicted molar refractivity (Wildman–Crippen MR) is 77.5 cm³/mol. The third-order valence-corrected chi connectivity index (χ3v) is 3.48. The van der Waals surface area contributed by atoms with Crippen LogP contribution in [0.2, 0.25) is 0 Å². The van der Waals surface area contributed by atoms with Gasteiger partial charge in [0.05, 0.1) is 16.4 Å². The van der Waals surface area contributed by atoms with E-state index in [9.17, 15) is 4.79 Å². The van der Waals surface area contributed by atoms with E-state index in [0.717, 1.165) is 10.7 Å². The number of aromatic amines is 1. The standard InChI is InChI=1S/C14H15N3O2S/c18-10-2-1-3-11-4-5-12(20-11)14(19)17-7-6-13-15-8-9-16-13/h4-5,8-9,18H,2,6-7,10H2,(H,15,16)(H,17,19). The number of rotatable bonds is 5. The lowest BCUT2D eigenvalue weighted by Crippen LogP contribution is -2.25. The lowest BCUT2D eigenvalue weighted by molar-refractivity contribution is 0.0958. The van der Waals surface area contributed by atoms with Gasteiger partial charge in [-0.3, -0.25) is 4.79 Å². The molecule has 0 unspecified atom stereocenters. The van der Waals surface area contributed by atoms with E-state index in [4.69, 9.17) is 5.11 Å². The summed E-state index contributed by atoms with van der Waals surface area (Å²) < 4.78 is 0. The fraction of sp³-hybridized carbons (Fsp3) is 0.286. The first-order chi connectivity index (χ1) is 9.79. The summed E-state index contributed by atoms with van der Waals surface area (Å²) in [6.07, 6.45) is 4.57. The second kappa shape index (κ2) is 7.48. The molecule has 104 valence electrons. The van der Waals surface area contributed by atoms with Gasteiger partial charge in [-0.25, -0.2) is 4.98 Å². The minimum atomic E-state index is -0.100. The van der Waals surface area contributed by atoms with Crippen molar-refractivity contribution in [1.82, 2.24) is 15.3 Å². The highest BCUT2D eigenvalue weighted by Gasteiger charge is 2.08. The second-order valence-electron chi connectivity index (χ2n) is 3.98. The smallest absolute Gasteiger partial charge is 0.261 e. The van der Waals surface area contributed by atoms with Crippen LogP contribution in [0.3, 0.4) is 0 Å². The summed E-state index contributed by atoms with van der Waals surface area (Å²) in [5, 5.41) is 11.5. The van der Waals surface area contributed by atoms with Crippen LogP contribution in [0.4, 0.5) is 0 Å². The monoisotopic (exact) mass is 289 g/mol. The molecule has 0 bridgehead atoms. The number of carbonyl (C=O) groups is 1. The van der Waals surface area contributed by atoms with Crippen LogP contribution < -0.4 is 5.32 Å². The van der Waals surface area contributed by atoms with Crippen LogP contribution >= 0.6 is 11.3 Å². The molecule has 0 atom stereocenters. The van der Waals surface area contributed by atoms with Crippen molar-refractivity contribution in [2.45, 2.75) is 12.8 Å². The number of nitrogens with one attached hydrogen (secondary N) is 2. The normalized spacial score (nSPS) is 9.85. The molecule has 2 heterocycles. The van der Waals surface area contributed by atoms with Gasteiger partial charge >= 0.3 is 0 Å². The molecule has 20 heavy (non-hydrogen) atoms. The van der Waals surface area contributed by atoms with Crippen LogP contribution in [-0.4, -0.2) is 34.1 Å². The lowest BCUT2D eigenvalue weighted by atomic mass is 10.3. The molecule has 0 aromatic carbocycles. The molecule has 0 spiro atoms. The number of imidazole rings is 1. The van der Waals surface area contributed by atoms with E-state index >= 15 is 0 Å². The van der Waals surface area contributed by atoms with Crippen LogP contribution in [0, 0.1) is 11.8 Å². The van der Waals surface area contributed by atoms with Gasteiger partial charge < -0.3 is 15.4 Å². The first kappa shape index (κ1) is 14.3. The number of nitrogens with zero attached hydrogens (tertiary/aromatic N) is 1. The van der Waals surface area contributed by atoms with Gasteiger partial charge in [0.1, 0.15) is 5.82 Å². The molecule has 1 amide bonds. The topological polar surface area (TPSA) is 78.0 Å². The van der Waals surface area contributed by atoms with Gasteiger partial charge in [-0.05, 0) is 12.1 Å². The Balaban J connectivity index is 1.82. The van der Waals surface area contributed by atoms with Crippen molar-refractivity contribution in [1.29, 1.82) is 0 Å². The highest BCUT2D eigenvalue weighted by atomic mass is 32.1. The van der Waals surface area contributed by atoms with Crippen molar-refractivity contribution in [3.8, 4) is 11.8 Å². The molecule has 2 aromatic heterocycles. The number of aliphatic hydroxyl groups excluding tert-OH is 1. The highest BCUT2D eigenvalue weighted by molar-refractivity contribution is 7.14. The van der Waals surface area contributed by atoms with E-state index in [-0.39, 0.29) is 12.5 Å². The summed E-state index contributed by atoms with van der Waals surface area (Å²) in [4.78, 5) is 20.4. The van der Waals surface area contributed by atoms with E-state index in [1.165, 1.54) is 11.3 Å². The Labute approximate surface area is 121 Å². The molecule has 0 saturated carbocycles. The van der Waals surface area contributed by atoms with Gasteiger partial charge in [0.2, 0.25) is 0 Å². The number of aromatic nitrogens is 2. The van der Waals surface area contributed by atoms with Crippen molar-refractivity contribution in [3.63, 3.8) is 0 Å². The molecule has 0 radical (unpaired) electrons. The van der Waals surface area contributed by atoms with Gasteiger partial charge in [0.15, 0.2) is 0 Å². The summed E-state index contributed by atoms with van der Waals surface area (Å²) in [6, 6.07) is 3.58. The third kappa shape index (κ3) is 4.23. The van der Waals surface area contributed by atoms with Crippen LogP contribution in [-0.2, 0) is 6.42 Å². The van der Waals surface area contributed by atoms with Gasteiger partial charge in [-0.15, -0.1) is 11.3 Å². The number of carbonyl (C=O) groups excluding carboxylic acids is 1. The molecule has 0 aliphatic heterocycles. The van der Waals surface area contributed by atoms with E-state index in [1.807, 2.05) is 6.07 Å². The summed E-state index contributed by atoms with van der Waals surface area (Å²) in [7, 11) is 0. The maximum atomic E-state index is 11.9. The third-order valence-electron chi connectivity index (χ3n) is 2.48. The predicted octanol–water partition coefficient (Wildman–Crippen LogP) is 1.18. The van der Waals surface area contributed by atoms with Gasteiger partial charge in [0.25, 0.3) is 5.91 Å². The van der Waals surface area contributed by atoms with Crippen LogP contribution in [0.1, 0.15) is 26.8 Å². The molecule has 2 aromatic rings. The first-order valence-corrected chi connectivity index (χ1v) is 7.07. The zero-order chi connectivity index (χ0) is 14.2. The number of aliphatic hydroxyl groups is 1. The Morgan fingerprint density at radius 2 is 2.40 bits per heavy atom. The number of thiophene rings is 1.